The average Bonchev–Trinajstić information content (AvgIpc) is 3.36. The Morgan fingerprint density at radius 1 is 0.940 bits per heavy atom. The Morgan fingerprint density at radius 2 is 1.62 bits per heavy atom. The predicted molar refractivity (Wildman–Crippen MR) is 200 cm³/mol. The lowest BCUT2D eigenvalue weighted by molar-refractivity contribution is -0.401. The molecule has 266 valence electrons. The molecular weight excluding hydrogens is 695 g/mol. The molecule has 0 radical (unpaired) electrons. The number of aryl methyl sites for hydroxylation is 1. The van der Waals surface area contributed by atoms with Gasteiger partial charge in [-0.2, -0.15) is 27.9 Å². The molecule has 0 spiro atoms. The highest BCUT2D eigenvalue weighted by atomic mass is 35.5. The van der Waals surface area contributed by atoms with Gasteiger partial charge in [0, 0.05) is 47.5 Å². The maximum absolute atomic E-state index is 12.4. The van der Waals surface area contributed by atoms with Crippen molar-refractivity contribution >= 4 is 62.1 Å². The summed E-state index contributed by atoms with van der Waals surface area (Å²) in [6, 6.07) is 11.4. The van der Waals surface area contributed by atoms with E-state index < -0.39 is 15.5 Å². The largest absolute Gasteiger partial charge is 0.347 e. The molecule has 2 N–H and O–H groups in total. The topological polar surface area (TPSA) is 128 Å². The van der Waals surface area contributed by atoms with Crippen molar-refractivity contribution in [1.82, 2.24) is 15.0 Å². The number of nitrogens with one attached hydrogen (secondary N) is 1. The number of allylic oxidation sites excluding steroid dienone is 4. The Hall–Kier alpha value is -3.64. The lowest BCUT2D eigenvalue weighted by atomic mass is 9.80. The van der Waals surface area contributed by atoms with Gasteiger partial charge < -0.3 is 10.2 Å². The summed E-state index contributed by atoms with van der Waals surface area (Å²) in [6.07, 6.45) is 11.4. The summed E-state index contributed by atoms with van der Waals surface area (Å²) >= 11 is 11.6. The summed E-state index contributed by atoms with van der Waals surface area (Å²) in [7, 11) is -2.25. The fourth-order valence-electron chi connectivity index (χ4n) is 7.03. The van der Waals surface area contributed by atoms with Crippen molar-refractivity contribution in [3.8, 4) is 0 Å². The van der Waals surface area contributed by atoms with E-state index in [0.717, 1.165) is 55.6 Å². The number of carbonyl (C=O) groups is 1. The molecule has 0 bridgehead atoms. The third-order valence-corrected chi connectivity index (χ3v) is 10.9. The zero-order chi connectivity index (χ0) is 36.4. The van der Waals surface area contributed by atoms with Gasteiger partial charge in [-0.1, -0.05) is 50.8 Å². The zero-order valence-corrected chi connectivity index (χ0v) is 31.8. The number of ketones is 1. The van der Waals surface area contributed by atoms with E-state index >= 15 is 0 Å². The van der Waals surface area contributed by atoms with E-state index in [2.05, 4.69) is 108 Å². The molecular formula is C37H45Cl2N6O4S+. The Kier molecular flexibility index (Phi) is 11.2. The fourth-order valence-corrected chi connectivity index (χ4v) is 7.90. The van der Waals surface area contributed by atoms with Gasteiger partial charge in [0.15, 0.2) is 11.5 Å². The van der Waals surface area contributed by atoms with Crippen LogP contribution in [0.15, 0.2) is 65.2 Å². The van der Waals surface area contributed by atoms with Gasteiger partial charge >= 0.3 is 0 Å². The van der Waals surface area contributed by atoms with Gasteiger partial charge in [-0.25, -0.2) is 0 Å². The van der Waals surface area contributed by atoms with E-state index in [4.69, 9.17) is 23.2 Å². The Balaban J connectivity index is 1.24. The van der Waals surface area contributed by atoms with E-state index in [0.29, 0.717) is 6.42 Å². The number of benzene rings is 2. The normalized spacial score (nSPS) is 17.1. The van der Waals surface area contributed by atoms with Crippen LogP contribution in [0.25, 0.3) is 0 Å². The number of Topliss-reactive ketones (excluding diaryl/α,β-unsaturated/α-hetero) is 1. The number of aromatic nitrogens is 3. The molecule has 0 amide bonds. The molecule has 2 aliphatic rings. The van der Waals surface area contributed by atoms with Crippen molar-refractivity contribution in [2.45, 2.75) is 88.9 Å². The molecule has 2 aromatic carbocycles. The summed E-state index contributed by atoms with van der Waals surface area (Å²) in [4.78, 5) is 26.0. The van der Waals surface area contributed by atoms with Crippen LogP contribution in [0.3, 0.4) is 0 Å². The van der Waals surface area contributed by atoms with Crippen LogP contribution < -0.4 is 10.2 Å². The number of fused-ring (bicyclic) bond motifs is 2. The summed E-state index contributed by atoms with van der Waals surface area (Å²) < 4.78 is 36.2. The van der Waals surface area contributed by atoms with Crippen LogP contribution in [0.2, 0.25) is 10.6 Å². The smallest absolute Gasteiger partial charge is 0.294 e. The number of nitrogens with zero attached hydrogens (tertiary/aromatic N) is 5. The van der Waals surface area contributed by atoms with Crippen LogP contribution in [0.5, 0.6) is 0 Å². The standard InChI is InChI=1S/C37H44Cl2N6O4S/c1-24-16-18-29-27(21-24)36(2,3)31(44(29)6)14-12-15-32-37(4,5)28-22-26(50(47,48)49)17-19-30(28)45(32)20-11-9-7-8-10-13-25(46)23-40-35-42-33(38)41-34(39)43-35/h12,14-19,21-22H,7-11,13,20,23H2,1-6H3,(H-,40,41,42,43,47,48,49)/p+1. The summed E-state index contributed by atoms with van der Waals surface area (Å²) in [5.41, 5.74) is 7.12. The molecule has 0 saturated carbocycles. The SMILES string of the molecule is Cc1ccc2c(c1)C(C)(C)C(/C=C/C=C1/N(CCCCCCCC(=O)CNc3nc(Cl)nc(Cl)n3)c3ccc(S(=O)(=O)O)cc3C1(C)C)=[N+]2C. The minimum absolute atomic E-state index is 0.0378. The minimum Gasteiger partial charge on any atom is -0.347 e. The second-order valence-electron chi connectivity index (χ2n) is 14.0. The van der Waals surface area contributed by atoms with Crippen molar-refractivity contribution in [1.29, 1.82) is 0 Å². The second-order valence-corrected chi connectivity index (χ2v) is 16.1. The van der Waals surface area contributed by atoms with Crippen LogP contribution in [0, 0.1) is 6.92 Å². The molecule has 3 aromatic rings. The van der Waals surface area contributed by atoms with Crippen LogP contribution >= 0.6 is 23.2 Å². The maximum Gasteiger partial charge on any atom is 0.294 e. The minimum atomic E-state index is -4.35. The van der Waals surface area contributed by atoms with Crippen LogP contribution in [0.4, 0.5) is 17.3 Å². The van der Waals surface area contributed by atoms with Gasteiger partial charge in [0.25, 0.3) is 10.1 Å². The van der Waals surface area contributed by atoms with Crippen molar-refractivity contribution in [2.24, 2.45) is 0 Å². The molecule has 0 fully saturated rings. The molecule has 0 atom stereocenters. The molecule has 1 aromatic heterocycles. The first kappa shape index (κ1) is 37.6. The monoisotopic (exact) mass is 739 g/mol. The Bertz CT molecular complexity index is 1990. The first-order chi connectivity index (χ1) is 23.5. The number of unbranched alkanes of at least 4 members (excludes halogenated alkanes) is 4. The summed E-state index contributed by atoms with van der Waals surface area (Å²) in [6.45, 7) is 11.6. The maximum atomic E-state index is 12.4. The third-order valence-electron chi connectivity index (χ3n) is 9.72. The average molecular weight is 741 g/mol. The highest BCUT2D eigenvalue weighted by Gasteiger charge is 2.43. The predicted octanol–water partition coefficient (Wildman–Crippen LogP) is 8.00. The van der Waals surface area contributed by atoms with Gasteiger partial charge in [-0.15, -0.1) is 0 Å². The molecule has 0 unspecified atom stereocenters. The van der Waals surface area contributed by atoms with Gasteiger partial charge in [0.2, 0.25) is 22.2 Å². The van der Waals surface area contributed by atoms with Crippen molar-refractivity contribution in [3.63, 3.8) is 0 Å². The van der Waals surface area contributed by atoms with Crippen LogP contribution in [0.1, 0.15) is 82.9 Å². The van der Waals surface area contributed by atoms with Gasteiger partial charge in [-0.3, -0.25) is 9.35 Å². The molecule has 2 aliphatic heterocycles. The van der Waals surface area contributed by atoms with E-state index in [-0.39, 0.29) is 39.2 Å². The molecule has 0 saturated heterocycles. The van der Waals surface area contributed by atoms with Gasteiger partial charge in [-0.05, 0) is 92.7 Å². The lowest BCUT2D eigenvalue weighted by Gasteiger charge is -2.27. The van der Waals surface area contributed by atoms with Gasteiger partial charge in [0.1, 0.15) is 7.05 Å². The molecule has 10 nitrogen and oxygen atoms in total. The van der Waals surface area contributed by atoms with Gasteiger partial charge in [0.05, 0.1) is 16.9 Å². The number of anilines is 2. The Morgan fingerprint density at radius 3 is 2.32 bits per heavy atom. The van der Waals surface area contributed by atoms with E-state index in [1.165, 1.54) is 28.6 Å². The number of hydrogen-bond donors (Lipinski definition) is 2. The molecule has 50 heavy (non-hydrogen) atoms. The lowest BCUT2D eigenvalue weighted by Crippen LogP contribution is -2.27. The third kappa shape index (κ3) is 8.12. The highest BCUT2D eigenvalue weighted by Crippen LogP contribution is 2.49. The van der Waals surface area contributed by atoms with E-state index in [1.54, 1.807) is 12.1 Å². The molecule has 13 heteroatoms. The summed E-state index contributed by atoms with van der Waals surface area (Å²) in [5, 5.41) is 2.77. The van der Waals surface area contributed by atoms with Crippen LogP contribution in [-0.4, -0.2) is 64.1 Å². The fraction of sp³-hybridized carbons (Fsp3) is 0.432. The van der Waals surface area contributed by atoms with E-state index in [9.17, 15) is 17.8 Å². The number of rotatable bonds is 14. The molecule has 5 rings (SSSR count). The quantitative estimate of drug-likeness (QED) is 0.0960. The molecule has 0 aliphatic carbocycles. The Labute approximate surface area is 305 Å². The first-order valence-corrected chi connectivity index (χ1v) is 19.0. The number of hydrogen-bond acceptors (Lipinski definition) is 8. The first-order valence-electron chi connectivity index (χ1n) is 16.8. The second kappa shape index (κ2) is 14.9. The number of carbonyl (C=O) groups excluding carboxylic acids is 1. The number of halogens is 2. The zero-order valence-electron chi connectivity index (χ0n) is 29.4. The van der Waals surface area contributed by atoms with Crippen LogP contribution in [-0.2, 0) is 25.7 Å². The van der Waals surface area contributed by atoms with Crippen molar-refractivity contribution in [3.05, 3.63) is 87.6 Å². The van der Waals surface area contributed by atoms with Crippen molar-refractivity contribution in [2.75, 3.05) is 30.4 Å². The molecule has 3 heterocycles. The van der Waals surface area contributed by atoms with E-state index in [1.807, 2.05) is 0 Å². The summed E-state index contributed by atoms with van der Waals surface area (Å²) in [5.74, 6) is 0.215. The highest BCUT2D eigenvalue weighted by molar-refractivity contribution is 7.85. The van der Waals surface area contributed by atoms with Crippen molar-refractivity contribution < 1.29 is 22.3 Å².